The van der Waals surface area contributed by atoms with Gasteiger partial charge in [-0.1, -0.05) is 48.6 Å². The van der Waals surface area contributed by atoms with Crippen molar-refractivity contribution >= 4 is 22.9 Å². The second-order valence-electron chi connectivity index (χ2n) is 6.09. The zero-order valence-corrected chi connectivity index (χ0v) is 14.0. The summed E-state index contributed by atoms with van der Waals surface area (Å²) in [6.07, 6.45) is 2.29. The van der Waals surface area contributed by atoms with Crippen molar-refractivity contribution in [2.45, 2.75) is 6.29 Å². The van der Waals surface area contributed by atoms with Gasteiger partial charge in [-0.25, -0.2) is 17.6 Å². The molecule has 0 bridgehead atoms. The van der Waals surface area contributed by atoms with Crippen LogP contribution in [0, 0.1) is 23.3 Å². The maximum atomic E-state index is 13.9. The summed E-state index contributed by atoms with van der Waals surface area (Å²) in [7, 11) is 0. The molecule has 0 aliphatic carbocycles. The van der Waals surface area contributed by atoms with Crippen molar-refractivity contribution in [1.29, 1.82) is 0 Å². The SMILES string of the molecule is Fc1cc(C=Cc2cccc3c(C4OCCO4)cccc23)c(F)c(F)c1F. The molecule has 4 rings (SSSR count). The van der Waals surface area contributed by atoms with E-state index in [1.165, 1.54) is 12.2 Å². The molecule has 0 spiro atoms. The van der Waals surface area contributed by atoms with E-state index in [1.807, 2.05) is 30.3 Å². The Morgan fingerprint density at radius 1 is 0.741 bits per heavy atom. The Kier molecular flexibility index (Phi) is 4.68. The third-order valence-corrected chi connectivity index (χ3v) is 4.44. The van der Waals surface area contributed by atoms with E-state index < -0.39 is 29.6 Å². The predicted octanol–water partition coefficient (Wildman–Crippen LogP) is 5.61. The molecular formula is C21H14F4O2. The zero-order chi connectivity index (χ0) is 19.0. The summed E-state index contributed by atoms with van der Waals surface area (Å²) in [5.74, 6) is -6.52. The van der Waals surface area contributed by atoms with Crippen molar-refractivity contribution in [3.8, 4) is 0 Å². The molecule has 1 saturated heterocycles. The molecule has 0 unspecified atom stereocenters. The molecule has 1 heterocycles. The fourth-order valence-corrected chi connectivity index (χ4v) is 3.14. The summed E-state index contributed by atoms with van der Waals surface area (Å²) in [5, 5.41) is 1.73. The largest absolute Gasteiger partial charge is 0.346 e. The highest BCUT2D eigenvalue weighted by molar-refractivity contribution is 5.95. The van der Waals surface area contributed by atoms with E-state index in [-0.39, 0.29) is 5.56 Å². The van der Waals surface area contributed by atoms with Gasteiger partial charge in [0.1, 0.15) is 0 Å². The van der Waals surface area contributed by atoms with Crippen LogP contribution in [0.15, 0.2) is 42.5 Å². The average molecular weight is 374 g/mol. The lowest BCUT2D eigenvalue weighted by Crippen LogP contribution is -1.99. The molecule has 0 N–H and O–H groups in total. The molecule has 0 aromatic heterocycles. The van der Waals surface area contributed by atoms with Gasteiger partial charge in [0.15, 0.2) is 29.6 Å². The van der Waals surface area contributed by atoms with Gasteiger partial charge in [0, 0.05) is 11.1 Å². The fourth-order valence-electron chi connectivity index (χ4n) is 3.14. The van der Waals surface area contributed by atoms with Gasteiger partial charge in [0.05, 0.1) is 13.2 Å². The fraction of sp³-hybridized carbons (Fsp3) is 0.143. The highest BCUT2D eigenvalue weighted by Crippen LogP contribution is 2.32. The topological polar surface area (TPSA) is 18.5 Å². The third-order valence-electron chi connectivity index (χ3n) is 4.44. The van der Waals surface area contributed by atoms with E-state index >= 15 is 0 Å². The molecule has 0 atom stereocenters. The van der Waals surface area contributed by atoms with Gasteiger partial charge < -0.3 is 9.47 Å². The molecule has 0 radical (unpaired) electrons. The van der Waals surface area contributed by atoms with Crippen molar-refractivity contribution in [2.24, 2.45) is 0 Å². The van der Waals surface area contributed by atoms with Crippen LogP contribution in [-0.2, 0) is 9.47 Å². The Bertz CT molecular complexity index is 1040. The number of hydrogen-bond acceptors (Lipinski definition) is 2. The van der Waals surface area contributed by atoms with Crippen LogP contribution in [-0.4, -0.2) is 13.2 Å². The standard InChI is InChI=1S/C21H14F4O2/c22-17-11-13(18(23)20(25)19(17)24)8-7-12-3-1-5-15-14(12)4-2-6-16(15)21-26-9-10-27-21/h1-8,11,21H,9-10H2. The lowest BCUT2D eigenvalue weighted by atomic mass is 9.99. The lowest BCUT2D eigenvalue weighted by Gasteiger charge is -2.13. The van der Waals surface area contributed by atoms with Crippen molar-refractivity contribution < 1.29 is 27.0 Å². The summed E-state index contributed by atoms with van der Waals surface area (Å²) < 4.78 is 64.9. The predicted molar refractivity (Wildman–Crippen MR) is 93.8 cm³/mol. The maximum Gasteiger partial charge on any atom is 0.198 e. The van der Waals surface area contributed by atoms with Gasteiger partial charge in [-0.05, 0) is 22.4 Å². The molecule has 1 aliphatic rings. The molecule has 3 aromatic rings. The lowest BCUT2D eigenvalue weighted by molar-refractivity contribution is -0.0430. The molecule has 2 nitrogen and oxygen atoms in total. The number of rotatable bonds is 3. The Morgan fingerprint density at radius 3 is 2.19 bits per heavy atom. The highest BCUT2D eigenvalue weighted by Gasteiger charge is 2.21. The Hall–Kier alpha value is -2.70. The van der Waals surface area contributed by atoms with Gasteiger partial charge >= 0.3 is 0 Å². The van der Waals surface area contributed by atoms with E-state index in [4.69, 9.17) is 9.47 Å². The minimum atomic E-state index is -1.83. The van der Waals surface area contributed by atoms with Crippen LogP contribution in [0.4, 0.5) is 17.6 Å². The zero-order valence-electron chi connectivity index (χ0n) is 14.0. The molecule has 0 saturated carbocycles. The van der Waals surface area contributed by atoms with E-state index in [1.54, 1.807) is 6.07 Å². The number of hydrogen-bond donors (Lipinski definition) is 0. The first kappa shape index (κ1) is 17.7. The van der Waals surface area contributed by atoms with E-state index in [2.05, 4.69) is 0 Å². The molecule has 1 aliphatic heterocycles. The summed E-state index contributed by atoms with van der Waals surface area (Å²) >= 11 is 0. The van der Waals surface area contributed by atoms with Crippen molar-refractivity contribution in [3.05, 3.63) is 82.4 Å². The van der Waals surface area contributed by atoms with Crippen LogP contribution in [0.2, 0.25) is 0 Å². The summed E-state index contributed by atoms with van der Waals surface area (Å²) in [6, 6.07) is 11.7. The number of benzene rings is 3. The second-order valence-corrected chi connectivity index (χ2v) is 6.09. The molecule has 0 amide bonds. The number of halogens is 4. The molecular weight excluding hydrogens is 360 g/mol. The van der Waals surface area contributed by atoms with Crippen molar-refractivity contribution in [3.63, 3.8) is 0 Å². The van der Waals surface area contributed by atoms with Crippen LogP contribution in [0.3, 0.4) is 0 Å². The van der Waals surface area contributed by atoms with Crippen LogP contribution >= 0.6 is 0 Å². The van der Waals surface area contributed by atoms with Crippen LogP contribution < -0.4 is 0 Å². The van der Waals surface area contributed by atoms with Crippen LogP contribution in [0.25, 0.3) is 22.9 Å². The minimum Gasteiger partial charge on any atom is -0.346 e. The first-order chi connectivity index (χ1) is 13.1. The Morgan fingerprint density at radius 2 is 1.41 bits per heavy atom. The van der Waals surface area contributed by atoms with Gasteiger partial charge in [-0.15, -0.1) is 0 Å². The summed E-state index contributed by atoms with van der Waals surface area (Å²) in [6.45, 7) is 1.03. The molecule has 27 heavy (non-hydrogen) atoms. The van der Waals surface area contributed by atoms with E-state index in [0.717, 1.165) is 16.3 Å². The first-order valence-electron chi connectivity index (χ1n) is 8.32. The van der Waals surface area contributed by atoms with Gasteiger partial charge in [0.2, 0.25) is 0 Å². The van der Waals surface area contributed by atoms with E-state index in [9.17, 15) is 17.6 Å². The summed E-state index contributed by atoms with van der Waals surface area (Å²) in [4.78, 5) is 0. The van der Waals surface area contributed by atoms with Crippen LogP contribution in [0.5, 0.6) is 0 Å². The maximum absolute atomic E-state index is 13.9. The quantitative estimate of drug-likeness (QED) is 0.257. The molecule has 1 fully saturated rings. The number of ether oxygens (including phenoxy) is 2. The highest BCUT2D eigenvalue weighted by atomic mass is 19.2. The monoisotopic (exact) mass is 374 g/mol. The minimum absolute atomic E-state index is 0.373. The Labute approximate surface area is 152 Å². The normalized spacial score (nSPS) is 15.3. The van der Waals surface area contributed by atoms with Gasteiger partial charge in [-0.2, -0.15) is 0 Å². The average Bonchev–Trinajstić information content (AvgIpc) is 3.22. The smallest absolute Gasteiger partial charge is 0.198 e. The van der Waals surface area contributed by atoms with Gasteiger partial charge in [0.25, 0.3) is 0 Å². The van der Waals surface area contributed by atoms with Crippen LogP contribution in [0.1, 0.15) is 23.0 Å². The molecule has 6 heteroatoms. The number of fused-ring (bicyclic) bond motifs is 1. The summed E-state index contributed by atoms with van der Waals surface area (Å²) in [5.41, 5.74) is 1.20. The second kappa shape index (κ2) is 7.13. The Balaban J connectivity index is 1.77. The van der Waals surface area contributed by atoms with Crippen molar-refractivity contribution in [2.75, 3.05) is 13.2 Å². The first-order valence-corrected chi connectivity index (χ1v) is 8.32. The molecule has 3 aromatic carbocycles. The van der Waals surface area contributed by atoms with Crippen molar-refractivity contribution in [1.82, 2.24) is 0 Å². The molecule has 138 valence electrons. The van der Waals surface area contributed by atoms with Gasteiger partial charge in [-0.3, -0.25) is 0 Å². The third kappa shape index (κ3) is 3.22. The van der Waals surface area contributed by atoms with E-state index in [0.29, 0.717) is 24.8 Å².